The Balaban J connectivity index is 1.66. The first kappa shape index (κ1) is 25.0. The van der Waals surface area contributed by atoms with Gasteiger partial charge in [-0.25, -0.2) is 4.79 Å². The van der Waals surface area contributed by atoms with E-state index >= 15 is 0 Å². The number of hydrogen-bond acceptors (Lipinski definition) is 6. The largest absolute Gasteiger partial charge is 0.493 e. The smallest absolute Gasteiger partial charge is 0.408 e. The Kier molecular flexibility index (Phi) is 7.93. The highest BCUT2D eigenvalue weighted by Crippen LogP contribution is 2.43. The molecule has 35 heavy (non-hydrogen) atoms. The van der Waals surface area contributed by atoms with E-state index in [1.54, 1.807) is 18.2 Å². The average Bonchev–Trinajstić information content (AvgIpc) is 2.88. The molecule has 1 saturated carbocycles. The molecule has 2 atom stereocenters. The predicted molar refractivity (Wildman–Crippen MR) is 131 cm³/mol. The molecule has 3 N–H and O–H groups in total. The maximum Gasteiger partial charge on any atom is 0.408 e. The highest BCUT2D eigenvalue weighted by atomic mass is 16.5. The first-order valence-corrected chi connectivity index (χ1v) is 12.2. The van der Waals surface area contributed by atoms with Gasteiger partial charge < -0.3 is 25.0 Å². The zero-order chi connectivity index (χ0) is 24.8. The van der Waals surface area contributed by atoms with Gasteiger partial charge in [0.05, 0.1) is 18.6 Å². The van der Waals surface area contributed by atoms with Gasteiger partial charge in [-0.15, -0.1) is 0 Å². The van der Waals surface area contributed by atoms with Crippen molar-refractivity contribution in [2.75, 3.05) is 26.7 Å². The molecule has 2 fully saturated rings. The number of Topliss-reactive ketones (excluding diaryl/α,β-unsaturated/α-hetero) is 1. The number of nitrogens with zero attached hydrogens (tertiary/aromatic N) is 1. The summed E-state index contributed by atoms with van der Waals surface area (Å²) in [4.78, 5) is 27.0. The van der Waals surface area contributed by atoms with Gasteiger partial charge in [0.15, 0.2) is 17.3 Å². The average molecular weight is 483 g/mol. The van der Waals surface area contributed by atoms with Crippen LogP contribution < -0.4 is 14.8 Å². The number of ketones is 1. The molecule has 2 unspecified atom stereocenters. The summed E-state index contributed by atoms with van der Waals surface area (Å²) in [6.45, 7) is 1.32. The molecule has 2 aromatic rings. The van der Waals surface area contributed by atoms with Gasteiger partial charge in [0.1, 0.15) is 12.6 Å². The molecule has 1 aliphatic heterocycles. The SMILES string of the molecule is COc1cc(C(C(=O)C2CNCCN2C(=O)O)C2(O)CCCCC2)ccc1OCc1ccccc1. The Labute approximate surface area is 205 Å². The van der Waals surface area contributed by atoms with Crippen molar-refractivity contribution in [3.63, 3.8) is 0 Å². The second-order valence-corrected chi connectivity index (χ2v) is 9.38. The molecule has 1 amide bonds. The molecule has 4 rings (SSSR count). The highest BCUT2D eigenvalue weighted by Gasteiger charge is 2.47. The van der Waals surface area contributed by atoms with Gasteiger partial charge in [-0.05, 0) is 36.1 Å². The van der Waals surface area contributed by atoms with Crippen LogP contribution in [0.4, 0.5) is 4.79 Å². The van der Waals surface area contributed by atoms with Crippen LogP contribution in [0.25, 0.3) is 0 Å². The Morgan fingerprint density at radius 3 is 2.54 bits per heavy atom. The van der Waals surface area contributed by atoms with E-state index < -0.39 is 23.7 Å². The van der Waals surface area contributed by atoms with Crippen molar-refractivity contribution in [3.05, 3.63) is 59.7 Å². The van der Waals surface area contributed by atoms with E-state index in [-0.39, 0.29) is 18.9 Å². The zero-order valence-electron chi connectivity index (χ0n) is 20.1. The number of methoxy groups -OCH3 is 1. The van der Waals surface area contributed by atoms with Crippen LogP contribution >= 0.6 is 0 Å². The monoisotopic (exact) mass is 482 g/mol. The Bertz CT molecular complexity index is 1020. The highest BCUT2D eigenvalue weighted by molar-refractivity contribution is 5.94. The number of nitrogens with one attached hydrogen (secondary N) is 1. The van der Waals surface area contributed by atoms with Crippen LogP contribution in [0.2, 0.25) is 0 Å². The number of benzene rings is 2. The Morgan fingerprint density at radius 1 is 1.11 bits per heavy atom. The quantitative estimate of drug-likeness (QED) is 0.528. The van der Waals surface area contributed by atoms with Crippen LogP contribution in [-0.2, 0) is 11.4 Å². The van der Waals surface area contributed by atoms with Crippen LogP contribution in [0.1, 0.15) is 49.1 Å². The predicted octanol–water partition coefficient (Wildman–Crippen LogP) is 3.57. The van der Waals surface area contributed by atoms with Crippen molar-refractivity contribution >= 4 is 11.9 Å². The van der Waals surface area contributed by atoms with E-state index in [9.17, 15) is 19.8 Å². The lowest BCUT2D eigenvalue weighted by Gasteiger charge is -2.42. The lowest BCUT2D eigenvalue weighted by Crippen LogP contribution is -2.59. The number of hydrogen-bond donors (Lipinski definition) is 3. The maximum atomic E-state index is 13.9. The summed E-state index contributed by atoms with van der Waals surface area (Å²) in [6.07, 6.45) is 2.51. The van der Waals surface area contributed by atoms with E-state index in [4.69, 9.17) is 9.47 Å². The second kappa shape index (κ2) is 11.1. The van der Waals surface area contributed by atoms with Crippen LogP contribution in [0, 0.1) is 0 Å². The first-order valence-electron chi connectivity index (χ1n) is 12.2. The molecule has 0 spiro atoms. The summed E-state index contributed by atoms with van der Waals surface area (Å²) in [5, 5.41) is 24.6. The Morgan fingerprint density at radius 2 is 1.86 bits per heavy atom. The van der Waals surface area contributed by atoms with Gasteiger partial charge in [-0.3, -0.25) is 9.69 Å². The number of piperazine rings is 1. The normalized spacial score (nSPS) is 20.6. The van der Waals surface area contributed by atoms with Crippen LogP contribution in [0.5, 0.6) is 11.5 Å². The zero-order valence-corrected chi connectivity index (χ0v) is 20.1. The Hall–Kier alpha value is -3.10. The third-order valence-electron chi connectivity index (χ3n) is 7.12. The van der Waals surface area contributed by atoms with Gasteiger partial charge >= 0.3 is 6.09 Å². The number of aliphatic hydroxyl groups is 1. The van der Waals surface area contributed by atoms with Gasteiger partial charge in [0.2, 0.25) is 0 Å². The summed E-state index contributed by atoms with van der Waals surface area (Å²) in [5.41, 5.74) is 0.384. The van der Waals surface area contributed by atoms with E-state index in [0.717, 1.165) is 24.8 Å². The van der Waals surface area contributed by atoms with Gasteiger partial charge in [0.25, 0.3) is 0 Å². The van der Waals surface area contributed by atoms with E-state index in [2.05, 4.69) is 5.32 Å². The van der Waals surface area contributed by atoms with Crippen LogP contribution in [0.15, 0.2) is 48.5 Å². The van der Waals surface area contributed by atoms with Gasteiger partial charge in [-0.1, -0.05) is 55.7 Å². The third kappa shape index (κ3) is 5.60. The molecule has 0 aromatic heterocycles. The minimum absolute atomic E-state index is 0.229. The lowest BCUT2D eigenvalue weighted by atomic mass is 9.69. The fourth-order valence-electron chi connectivity index (χ4n) is 5.29. The van der Waals surface area contributed by atoms with E-state index in [1.807, 2.05) is 30.3 Å². The molecular formula is C27H34N2O6. The van der Waals surface area contributed by atoms with E-state index in [1.165, 1.54) is 12.0 Å². The van der Waals surface area contributed by atoms with Crippen molar-refractivity contribution in [2.45, 2.75) is 56.3 Å². The number of rotatable bonds is 8. The molecule has 1 aliphatic carbocycles. The maximum absolute atomic E-state index is 13.9. The summed E-state index contributed by atoms with van der Waals surface area (Å²) < 4.78 is 11.6. The van der Waals surface area contributed by atoms with Crippen LogP contribution in [-0.4, -0.2) is 65.4 Å². The standard InChI is InChI=1S/C27H34N2O6/c1-34-23-16-20(10-11-22(23)35-18-19-8-4-2-5-9-19)24(27(33)12-6-3-7-13-27)25(30)21-17-28-14-15-29(21)26(31)32/h2,4-5,8-11,16,21,24,28,33H,3,6-7,12-15,17-18H2,1H3,(H,31,32). The molecule has 0 bridgehead atoms. The minimum Gasteiger partial charge on any atom is -0.493 e. The second-order valence-electron chi connectivity index (χ2n) is 9.38. The lowest BCUT2D eigenvalue weighted by molar-refractivity contribution is -0.134. The summed E-state index contributed by atoms with van der Waals surface area (Å²) in [6, 6.07) is 14.2. The number of carbonyl (C=O) groups excluding carboxylic acids is 1. The molecule has 2 aromatic carbocycles. The third-order valence-corrected chi connectivity index (χ3v) is 7.12. The molecule has 8 nitrogen and oxygen atoms in total. The summed E-state index contributed by atoms with van der Waals surface area (Å²) >= 11 is 0. The molecule has 1 heterocycles. The van der Waals surface area contributed by atoms with Crippen molar-refractivity contribution in [2.24, 2.45) is 0 Å². The molecule has 1 saturated heterocycles. The number of amides is 1. The number of ether oxygens (including phenoxy) is 2. The molecule has 8 heteroatoms. The first-order chi connectivity index (χ1) is 16.9. The number of carboxylic acid groups (broad SMARTS) is 1. The fraction of sp³-hybridized carbons (Fsp3) is 0.481. The van der Waals surface area contributed by atoms with Crippen molar-refractivity contribution in [1.82, 2.24) is 10.2 Å². The minimum atomic E-state index is -1.24. The summed E-state index contributed by atoms with van der Waals surface area (Å²) in [7, 11) is 1.54. The fourth-order valence-corrected chi connectivity index (χ4v) is 5.29. The molecular weight excluding hydrogens is 448 g/mol. The number of carbonyl (C=O) groups is 2. The van der Waals surface area contributed by atoms with Gasteiger partial charge in [0, 0.05) is 19.6 Å². The summed E-state index contributed by atoms with van der Waals surface area (Å²) in [5.74, 6) is -0.156. The van der Waals surface area contributed by atoms with Crippen molar-refractivity contribution in [1.29, 1.82) is 0 Å². The van der Waals surface area contributed by atoms with Gasteiger partial charge in [-0.2, -0.15) is 0 Å². The van der Waals surface area contributed by atoms with Crippen LogP contribution in [0.3, 0.4) is 0 Å². The van der Waals surface area contributed by atoms with Crippen molar-refractivity contribution < 1.29 is 29.3 Å². The molecule has 2 aliphatic rings. The van der Waals surface area contributed by atoms with Crippen molar-refractivity contribution in [3.8, 4) is 11.5 Å². The molecule has 0 radical (unpaired) electrons. The topological polar surface area (TPSA) is 108 Å². The van der Waals surface area contributed by atoms with E-state index in [0.29, 0.717) is 43.1 Å². The molecule has 188 valence electrons.